The van der Waals surface area contributed by atoms with Crippen molar-refractivity contribution < 1.29 is 14.1 Å². The van der Waals surface area contributed by atoms with E-state index in [4.69, 9.17) is 9.26 Å². The minimum atomic E-state index is -0.519. The van der Waals surface area contributed by atoms with Crippen LogP contribution in [0, 0.1) is 24.2 Å². The largest absolute Gasteiger partial charge is 0.441 e. The summed E-state index contributed by atoms with van der Waals surface area (Å²) in [6.45, 7) is 9.45. The summed E-state index contributed by atoms with van der Waals surface area (Å²) in [5.74, 6) is 0.837. The number of benzene rings is 1. The highest BCUT2D eigenvalue weighted by Crippen LogP contribution is 2.43. The maximum absolute atomic E-state index is 12.9. The summed E-state index contributed by atoms with van der Waals surface area (Å²) in [5.41, 5.74) is 3.54. The number of hydrogen-bond donors (Lipinski definition) is 0. The molecule has 1 spiro atoms. The van der Waals surface area contributed by atoms with Gasteiger partial charge in [0, 0.05) is 17.5 Å². The Morgan fingerprint density at radius 3 is 2.88 bits per heavy atom. The summed E-state index contributed by atoms with van der Waals surface area (Å²) in [4.78, 5) is 19.0. The number of hydrogen-bond acceptors (Lipinski definition) is 6. The first-order chi connectivity index (χ1) is 15.7. The van der Waals surface area contributed by atoms with Crippen LogP contribution in [0.15, 0.2) is 29.0 Å². The second-order valence-corrected chi connectivity index (χ2v) is 10.5. The molecular weight excluding hydrogens is 418 g/mol. The highest BCUT2D eigenvalue weighted by atomic mass is 16.6. The van der Waals surface area contributed by atoms with Gasteiger partial charge in [0.15, 0.2) is 0 Å². The zero-order chi connectivity index (χ0) is 23.4. The fraction of sp³-hybridized carbons (Fsp3) is 0.520. The van der Waals surface area contributed by atoms with Gasteiger partial charge in [-0.05, 0) is 56.7 Å². The van der Waals surface area contributed by atoms with Crippen molar-refractivity contribution in [3.63, 3.8) is 0 Å². The minimum Gasteiger partial charge on any atom is -0.441 e. The molecule has 3 aromatic rings. The smallest absolute Gasteiger partial charge is 0.417 e. The van der Waals surface area contributed by atoms with Crippen LogP contribution in [0.1, 0.15) is 63.3 Å². The molecule has 0 unspecified atom stereocenters. The number of fused-ring (bicyclic) bond motifs is 1. The van der Waals surface area contributed by atoms with Gasteiger partial charge in [-0.1, -0.05) is 25.9 Å². The standard InChI is InChI=1S/C25H29N5O3/c1-16-21(24(2,3)4)28-33-22(16)30-14-25(32-23(30)31)9-5-6-18(11-25)13-29-15-27-19-8-7-17(12-26)10-20(19)29/h7-8,10,15,18H,5-6,9,11,13-14H2,1-4H3/t18-,25-/m0/s1. The third kappa shape index (κ3) is 3.75. The predicted octanol–water partition coefficient (Wildman–Crippen LogP) is 5.09. The number of aromatic nitrogens is 3. The number of carbonyl (C=O) groups excluding carboxylic acids is 1. The molecule has 172 valence electrons. The Morgan fingerprint density at radius 1 is 1.33 bits per heavy atom. The van der Waals surface area contributed by atoms with E-state index < -0.39 is 5.60 Å². The predicted molar refractivity (Wildman–Crippen MR) is 123 cm³/mol. The van der Waals surface area contributed by atoms with Gasteiger partial charge in [0.1, 0.15) is 5.60 Å². The highest BCUT2D eigenvalue weighted by molar-refractivity contribution is 5.89. The Bertz CT molecular complexity index is 1260. The van der Waals surface area contributed by atoms with Gasteiger partial charge in [-0.25, -0.2) is 14.7 Å². The van der Waals surface area contributed by atoms with Gasteiger partial charge in [0.05, 0.1) is 41.2 Å². The van der Waals surface area contributed by atoms with Crippen molar-refractivity contribution in [3.8, 4) is 6.07 Å². The molecule has 1 saturated heterocycles. The molecule has 1 amide bonds. The van der Waals surface area contributed by atoms with E-state index in [0.717, 1.165) is 54.5 Å². The van der Waals surface area contributed by atoms with E-state index in [0.29, 0.717) is 23.9 Å². The molecule has 0 N–H and O–H groups in total. The Hall–Kier alpha value is -3.34. The average Bonchev–Trinajstić information content (AvgIpc) is 3.43. The molecule has 1 aliphatic heterocycles. The van der Waals surface area contributed by atoms with Crippen molar-refractivity contribution in [2.75, 3.05) is 11.4 Å². The van der Waals surface area contributed by atoms with Gasteiger partial charge in [-0.3, -0.25) is 0 Å². The van der Waals surface area contributed by atoms with E-state index in [1.54, 1.807) is 11.0 Å². The van der Waals surface area contributed by atoms with Gasteiger partial charge in [0.25, 0.3) is 0 Å². The highest BCUT2D eigenvalue weighted by Gasteiger charge is 2.50. The molecule has 33 heavy (non-hydrogen) atoms. The SMILES string of the molecule is Cc1c(C(C)(C)C)noc1N1C[C@@]2(CCC[C@H](Cn3cnc4ccc(C#N)cc43)C2)OC1=O. The first-order valence-electron chi connectivity index (χ1n) is 11.5. The lowest BCUT2D eigenvalue weighted by Crippen LogP contribution is -2.40. The average molecular weight is 448 g/mol. The van der Waals surface area contributed by atoms with E-state index >= 15 is 0 Å². The van der Waals surface area contributed by atoms with Gasteiger partial charge >= 0.3 is 6.09 Å². The summed E-state index contributed by atoms with van der Waals surface area (Å²) in [7, 11) is 0. The molecule has 0 radical (unpaired) electrons. The Balaban J connectivity index is 1.35. The van der Waals surface area contributed by atoms with Gasteiger partial charge < -0.3 is 13.8 Å². The third-order valence-corrected chi connectivity index (χ3v) is 6.94. The Kier molecular flexibility index (Phi) is 4.96. The second-order valence-electron chi connectivity index (χ2n) is 10.5. The van der Waals surface area contributed by atoms with Crippen LogP contribution in [0.3, 0.4) is 0 Å². The fourth-order valence-corrected chi connectivity index (χ4v) is 5.44. The Morgan fingerprint density at radius 2 is 2.15 bits per heavy atom. The van der Waals surface area contributed by atoms with Crippen molar-refractivity contribution in [1.82, 2.24) is 14.7 Å². The van der Waals surface area contributed by atoms with Crippen molar-refractivity contribution in [1.29, 1.82) is 5.26 Å². The molecule has 5 rings (SSSR count). The van der Waals surface area contributed by atoms with Crippen LogP contribution in [0.5, 0.6) is 0 Å². The molecule has 2 atom stereocenters. The van der Waals surface area contributed by atoms with E-state index in [2.05, 4.69) is 41.5 Å². The van der Waals surface area contributed by atoms with Crippen LogP contribution in [-0.2, 0) is 16.7 Å². The number of amides is 1. The maximum Gasteiger partial charge on any atom is 0.417 e. The summed E-state index contributed by atoms with van der Waals surface area (Å²) in [6.07, 6.45) is 5.16. The number of anilines is 1. The van der Waals surface area contributed by atoms with Crippen molar-refractivity contribution in [2.45, 2.75) is 70.9 Å². The van der Waals surface area contributed by atoms with Crippen LogP contribution < -0.4 is 4.90 Å². The van der Waals surface area contributed by atoms with Crippen LogP contribution >= 0.6 is 0 Å². The number of carbonyl (C=O) groups is 1. The number of nitriles is 1. The lowest BCUT2D eigenvalue weighted by molar-refractivity contribution is 0.00438. The monoisotopic (exact) mass is 447 g/mol. The number of nitrogens with zero attached hydrogens (tertiary/aromatic N) is 5. The molecule has 2 fully saturated rings. The van der Waals surface area contributed by atoms with Crippen LogP contribution in [0.25, 0.3) is 11.0 Å². The maximum atomic E-state index is 12.9. The van der Waals surface area contributed by atoms with Crippen molar-refractivity contribution >= 4 is 23.0 Å². The van der Waals surface area contributed by atoms with Crippen molar-refractivity contribution in [3.05, 3.63) is 41.3 Å². The molecule has 2 aromatic heterocycles. The van der Waals surface area contributed by atoms with Gasteiger partial charge in [-0.15, -0.1) is 0 Å². The first kappa shape index (κ1) is 21.5. The minimum absolute atomic E-state index is 0.165. The molecule has 0 bridgehead atoms. The first-order valence-corrected chi connectivity index (χ1v) is 11.5. The lowest BCUT2D eigenvalue weighted by atomic mass is 9.78. The van der Waals surface area contributed by atoms with E-state index in [1.165, 1.54) is 0 Å². The van der Waals surface area contributed by atoms with Crippen molar-refractivity contribution in [2.24, 2.45) is 5.92 Å². The summed E-state index contributed by atoms with van der Waals surface area (Å²) < 4.78 is 13.8. The van der Waals surface area contributed by atoms with Gasteiger partial charge in [0.2, 0.25) is 5.88 Å². The molecule has 3 heterocycles. The number of rotatable bonds is 3. The zero-order valence-corrected chi connectivity index (χ0v) is 19.6. The second kappa shape index (κ2) is 7.62. The molecule has 1 aromatic carbocycles. The van der Waals surface area contributed by atoms with Crippen LogP contribution in [0.2, 0.25) is 0 Å². The summed E-state index contributed by atoms with van der Waals surface area (Å²) in [5, 5.41) is 13.5. The number of imidazole rings is 1. The van der Waals surface area contributed by atoms with E-state index in [-0.39, 0.29) is 11.5 Å². The molecule has 8 nitrogen and oxygen atoms in total. The fourth-order valence-electron chi connectivity index (χ4n) is 5.44. The topological polar surface area (TPSA) is 97.2 Å². The van der Waals surface area contributed by atoms with E-state index in [9.17, 15) is 10.1 Å². The molecule has 8 heteroatoms. The lowest BCUT2D eigenvalue weighted by Gasteiger charge is -2.36. The number of ether oxygens (including phenoxy) is 1. The molecule has 1 saturated carbocycles. The van der Waals surface area contributed by atoms with Crippen LogP contribution in [-0.4, -0.2) is 32.9 Å². The molecular formula is C25H29N5O3. The molecule has 1 aliphatic carbocycles. The van der Waals surface area contributed by atoms with Crippen LogP contribution in [0.4, 0.5) is 10.7 Å². The molecule has 2 aliphatic rings. The summed E-state index contributed by atoms with van der Waals surface area (Å²) in [6, 6.07) is 7.76. The third-order valence-electron chi connectivity index (χ3n) is 6.94. The summed E-state index contributed by atoms with van der Waals surface area (Å²) >= 11 is 0. The van der Waals surface area contributed by atoms with Gasteiger partial charge in [-0.2, -0.15) is 5.26 Å². The normalized spacial score (nSPS) is 23.3. The Labute approximate surface area is 193 Å². The van der Waals surface area contributed by atoms with E-state index in [1.807, 2.05) is 25.4 Å². The quantitative estimate of drug-likeness (QED) is 0.555. The zero-order valence-electron chi connectivity index (χ0n) is 19.6.